The van der Waals surface area contributed by atoms with Gasteiger partial charge in [0.15, 0.2) is 11.5 Å². The van der Waals surface area contributed by atoms with Crippen molar-refractivity contribution < 1.29 is 22.9 Å². The minimum absolute atomic E-state index is 0.00621. The lowest BCUT2D eigenvalue weighted by Crippen LogP contribution is -2.70. The van der Waals surface area contributed by atoms with Gasteiger partial charge in [-0.15, -0.1) is 0 Å². The predicted octanol–water partition coefficient (Wildman–Crippen LogP) is 2.53. The summed E-state index contributed by atoms with van der Waals surface area (Å²) in [5.74, 6) is -2.37. The number of rotatable bonds is 7. The molecule has 10 heteroatoms. The van der Waals surface area contributed by atoms with Crippen molar-refractivity contribution in [3.05, 3.63) is 71.7 Å². The van der Waals surface area contributed by atoms with Crippen LogP contribution in [-0.2, 0) is 10.3 Å². The molecule has 2 aromatic heterocycles. The Labute approximate surface area is 188 Å². The Morgan fingerprint density at radius 3 is 2.61 bits per heavy atom. The Morgan fingerprint density at radius 2 is 1.97 bits per heavy atom. The van der Waals surface area contributed by atoms with E-state index in [0.717, 1.165) is 12.1 Å². The van der Waals surface area contributed by atoms with E-state index in [2.05, 4.69) is 26.1 Å². The zero-order chi connectivity index (χ0) is 23.6. The van der Waals surface area contributed by atoms with Crippen LogP contribution in [0.15, 0.2) is 53.2 Å². The van der Waals surface area contributed by atoms with E-state index >= 15 is 0 Å². The fraction of sp³-hybridized carbons (Fsp3) is 0.304. The highest BCUT2D eigenvalue weighted by atomic mass is 19.1. The monoisotopic (exact) mass is 455 g/mol. The molecule has 4 rings (SSSR count). The van der Waals surface area contributed by atoms with Crippen LogP contribution in [-0.4, -0.2) is 40.6 Å². The number of carbonyl (C=O) groups is 2. The van der Waals surface area contributed by atoms with Crippen LogP contribution in [0, 0.1) is 11.6 Å². The van der Waals surface area contributed by atoms with Gasteiger partial charge in [-0.1, -0.05) is 11.2 Å². The maximum atomic E-state index is 14.0. The van der Waals surface area contributed by atoms with E-state index in [-0.39, 0.29) is 29.3 Å². The highest BCUT2D eigenvalue weighted by molar-refractivity contribution is 5.94. The number of carbonyl (C=O) groups excluding carboxylic acids is 2. The van der Waals surface area contributed by atoms with Crippen LogP contribution in [0.3, 0.4) is 0 Å². The first kappa shape index (κ1) is 22.5. The number of hydrogen-bond donors (Lipinski definition) is 3. The van der Waals surface area contributed by atoms with Gasteiger partial charge in [-0.25, -0.2) is 8.78 Å². The average molecular weight is 455 g/mol. The normalized spacial score (nSPS) is 14.9. The van der Waals surface area contributed by atoms with Gasteiger partial charge < -0.3 is 20.5 Å². The van der Waals surface area contributed by atoms with Crippen LogP contribution in [0.5, 0.6) is 0 Å². The number of nitrogens with one attached hydrogen (secondary N) is 3. The molecule has 3 heterocycles. The first-order chi connectivity index (χ1) is 15.7. The fourth-order valence-corrected chi connectivity index (χ4v) is 3.68. The standard InChI is InChI=1S/C23H23F2N5O3/c1-22(2,19-5-3-4-8-27-19)28-20(31)11-23(12-26-13-23)29-21(32)17-10-18(33-30-17)15-7-6-14(24)9-16(15)25/h3-10,26H,11-13H2,1-2H3,(H,28,31)(H,29,32). The molecule has 0 saturated carbocycles. The molecule has 172 valence electrons. The maximum absolute atomic E-state index is 14.0. The summed E-state index contributed by atoms with van der Waals surface area (Å²) in [7, 11) is 0. The lowest BCUT2D eigenvalue weighted by molar-refractivity contribution is -0.124. The molecule has 1 saturated heterocycles. The molecule has 3 N–H and O–H groups in total. The van der Waals surface area contributed by atoms with E-state index in [1.807, 2.05) is 26.0 Å². The van der Waals surface area contributed by atoms with E-state index in [0.29, 0.717) is 18.8 Å². The third kappa shape index (κ3) is 4.90. The SMILES string of the molecule is CC(C)(NC(=O)CC1(NC(=O)c2cc(-c3ccc(F)cc3F)on2)CNC1)c1ccccn1. The minimum atomic E-state index is -0.829. The van der Waals surface area contributed by atoms with Gasteiger partial charge in [-0.05, 0) is 38.1 Å². The lowest BCUT2D eigenvalue weighted by Gasteiger charge is -2.43. The molecule has 1 aliphatic heterocycles. The second-order valence-electron chi connectivity index (χ2n) is 8.60. The number of pyridine rings is 1. The number of amides is 2. The van der Waals surface area contributed by atoms with Crippen molar-refractivity contribution in [2.24, 2.45) is 0 Å². The smallest absolute Gasteiger partial charge is 0.274 e. The van der Waals surface area contributed by atoms with Crippen LogP contribution >= 0.6 is 0 Å². The first-order valence-corrected chi connectivity index (χ1v) is 10.4. The summed E-state index contributed by atoms with van der Waals surface area (Å²) in [4.78, 5) is 29.9. The molecule has 0 radical (unpaired) electrons. The molecule has 0 atom stereocenters. The summed E-state index contributed by atoms with van der Waals surface area (Å²) in [6, 6.07) is 9.75. The van der Waals surface area contributed by atoms with E-state index in [1.54, 1.807) is 12.3 Å². The second-order valence-corrected chi connectivity index (χ2v) is 8.60. The quantitative estimate of drug-likeness (QED) is 0.505. The van der Waals surface area contributed by atoms with E-state index in [1.165, 1.54) is 12.1 Å². The summed E-state index contributed by atoms with van der Waals surface area (Å²) in [5, 5.41) is 12.6. The topological polar surface area (TPSA) is 109 Å². The van der Waals surface area contributed by atoms with E-state index in [9.17, 15) is 18.4 Å². The van der Waals surface area contributed by atoms with Gasteiger partial charge in [0, 0.05) is 31.4 Å². The molecule has 0 spiro atoms. The predicted molar refractivity (Wildman–Crippen MR) is 115 cm³/mol. The number of benzene rings is 1. The largest absolute Gasteiger partial charge is 0.355 e. The molecule has 8 nitrogen and oxygen atoms in total. The Kier molecular flexibility index (Phi) is 5.94. The molecule has 0 aliphatic carbocycles. The summed E-state index contributed by atoms with van der Waals surface area (Å²) in [6.45, 7) is 4.49. The number of aromatic nitrogens is 2. The molecule has 1 fully saturated rings. The molecule has 1 aromatic carbocycles. The number of nitrogens with zero attached hydrogens (tertiary/aromatic N) is 2. The third-order valence-corrected chi connectivity index (χ3v) is 5.50. The number of hydrogen-bond acceptors (Lipinski definition) is 6. The lowest BCUT2D eigenvalue weighted by atomic mass is 9.87. The van der Waals surface area contributed by atoms with Crippen LogP contribution < -0.4 is 16.0 Å². The first-order valence-electron chi connectivity index (χ1n) is 10.4. The summed E-state index contributed by atoms with van der Waals surface area (Å²) >= 11 is 0. The molecule has 33 heavy (non-hydrogen) atoms. The Hall–Kier alpha value is -3.66. The third-order valence-electron chi connectivity index (χ3n) is 5.50. The van der Waals surface area contributed by atoms with Gasteiger partial charge in [-0.3, -0.25) is 14.6 Å². The molecule has 3 aromatic rings. The van der Waals surface area contributed by atoms with Crippen molar-refractivity contribution in [2.75, 3.05) is 13.1 Å². The van der Waals surface area contributed by atoms with Crippen LogP contribution in [0.2, 0.25) is 0 Å². The van der Waals surface area contributed by atoms with E-state index < -0.39 is 28.6 Å². The minimum Gasteiger partial charge on any atom is -0.355 e. The van der Waals surface area contributed by atoms with Gasteiger partial charge in [-0.2, -0.15) is 0 Å². The molecule has 0 bridgehead atoms. The average Bonchev–Trinajstić information content (AvgIpc) is 3.22. The van der Waals surface area contributed by atoms with Gasteiger partial charge in [0.2, 0.25) is 5.91 Å². The molecular formula is C23H23F2N5O3. The van der Waals surface area contributed by atoms with Gasteiger partial charge >= 0.3 is 0 Å². The van der Waals surface area contributed by atoms with Crippen LogP contribution in [0.4, 0.5) is 8.78 Å². The zero-order valence-corrected chi connectivity index (χ0v) is 18.1. The molecule has 2 amide bonds. The van der Waals surface area contributed by atoms with Crippen molar-refractivity contribution in [3.8, 4) is 11.3 Å². The van der Waals surface area contributed by atoms with Gasteiger partial charge in [0.25, 0.3) is 5.91 Å². The molecular weight excluding hydrogens is 432 g/mol. The number of halogens is 2. The summed E-state index contributed by atoms with van der Waals surface area (Å²) in [6.07, 6.45) is 1.70. The second kappa shape index (κ2) is 8.70. The molecule has 0 unspecified atom stereocenters. The van der Waals surface area contributed by atoms with Crippen molar-refractivity contribution in [3.63, 3.8) is 0 Å². The highest BCUT2D eigenvalue weighted by Crippen LogP contribution is 2.25. The fourth-order valence-electron chi connectivity index (χ4n) is 3.68. The van der Waals surface area contributed by atoms with Crippen molar-refractivity contribution in [1.29, 1.82) is 0 Å². The zero-order valence-electron chi connectivity index (χ0n) is 18.1. The Bertz CT molecular complexity index is 1180. The van der Waals surface area contributed by atoms with Gasteiger partial charge in [0.05, 0.1) is 28.8 Å². The van der Waals surface area contributed by atoms with Crippen LogP contribution in [0.25, 0.3) is 11.3 Å². The van der Waals surface area contributed by atoms with Gasteiger partial charge in [0.1, 0.15) is 11.6 Å². The Balaban J connectivity index is 1.42. The Morgan fingerprint density at radius 1 is 1.18 bits per heavy atom. The van der Waals surface area contributed by atoms with Crippen LogP contribution in [0.1, 0.15) is 36.5 Å². The highest BCUT2D eigenvalue weighted by Gasteiger charge is 2.42. The van der Waals surface area contributed by atoms with Crippen molar-refractivity contribution >= 4 is 11.8 Å². The van der Waals surface area contributed by atoms with Crippen molar-refractivity contribution in [2.45, 2.75) is 31.3 Å². The summed E-state index contributed by atoms with van der Waals surface area (Å²) in [5.41, 5.74) is -0.873. The van der Waals surface area contributed by atoms with E-state index in [4.69, 9.17) is 4.52 Å². The molecule has 1 aliphatic rings. The maximum Gasteiger partial charge on any atom is 0.274 e. The van der Waals surface area contributed by atoms with Crippen molar-refractivity contribution in [1.82, 2.24) is 26.1 Å². The summed E-state index contributed by atoms with van der Waals surface area (Å²) < 4.78 is 32.2.